The van der Waals surface area contributed by atoms with E-state index in [1.54, 1.807) is 6.07 Å². The number of hydrogen-bond acceptors (Lipinski definition) is 3. The molecular formula is C17H16FN3. The number of rotatable bonds is 2. The summed E-state index contributed by atoms with van der Waals surface area (Å²) in [7, 11) is 0. The molecule has 0 fully saturated rings. The predicted octanol–water partition coefficient (Wildman–Crippen LogP) is 3.52. The zero-order chi connectivity index (χ0) is 14.7. The summed E-state index contributed by atoms with van der Waals surface area (Å²) in [6.07, 6.45) is 0.994. The van der Waals surface area contributed by atoms with Gasteiger partial charge in [-0.15, -0.1) is 0 Å². The van der Waals surface area contributed by atoms with E-state index in [-0.39, 0.29) is 5.82 Å². The van der Waals surface area contributed by atoms with Crippen LogP contribution in [0.2, 0.25) is 0 Å². The summed E-state index contributed by atoms with van der Waals surface area (Å²) in [6.45, 7) is 2.24. The van der Waals surface area contributed by atoms with Crippen LogP contribution < -0.4 is 10.2 Å². The highest BCUT2D eigenvalue weighted by Gasteiger charge is 2.16. The number of hydrogen-bond donors (Lipinski definition) is 1. The number of nitrogens with one attached hydrogen (secondary N) is 1. The van der Waals surface area contributed by atoms with Gasteiger partial charge in [0.25, 0.3) is 0 Å². The van der Waals surface area contributed by atoms with E-state index in [1.165, 1.54) is 12.1 Å². The highest BCUT2D eigenvalue weighted by molar-refractivity contribution is 5.70. The first-order chi connectivity index (χ1) is 10.3. The van der Waals surface area contributed by atoms with E-state index in [2.05, 4.69) is 16.3 Å². The standard InChI is InChI=1S/C17H16FN3/c18-15-7-6-13(11-19)10-14(15)12-21-9-3-8-20-16-4-1-2-5-17(16)21/h1-2,4-7,10,20H,3,8-9,12H2. The van der Waals surface area contributed by atoms with E-state index in [9.17, 15) is 4.39 Å². The van der Waals surface area contributed by atoms with Gasteiger partial charge in [0.2, 0.25) is 0 Å². The van der Waals surface area contributed by atoms with Gasteiger partial charge in [-0.1, -0.05) is 12.1 Å². The molecule has 0 saturated heterocycles. The lowest BCUT2D eigenvalue weighted by Crippen LogP contribution is -2.24. The zero-order valence-electron chi connectivity index (χ0n) is 11.6. The molecule has 0 aliphatic carbocycles. The van der Waals surface area contributed by atoms with Crippen LogP contribution in [0.1, 0.15) is 17.5 Å². The Hall–Kier alpha value is -2.54. The van der Waals surface area contributed by atoms with Crippen LogP contribution in [0.25, 0.3) is 0 Å². The van der Waals surface area contributed by atoms with Crippen LogP contribution in [-0.2, 0) is 6.54 Å². The SMILES string of the molecule is N#Cc1ccc(F)c(CN2CCCNc3ccccc32)c1. The average Bonchev–Trinajstić information content (AvgIpc) is 2.72. The minimum absolute atomic E-state index is 0.260. The number of anilines is 2. The number of para-hydroxylation sites is 2. The molecule has 1 aliphatic heterocycles. The van der Waals surface area contributed by atoms with Crippen LogP contribution in [0.5, 0.6) is 0 Å². The van der Waals surface area contributed by atoms with Crippen molar-refractivity contribution in [2.45, 2.75) is 13.0 Å². The third kappa shape index (κ3) is 2.82. The van der Waals surface area contributed by atoms with E-state index in [0.29, 0.717) is 17.7 Å². The molecule has 2 aromatic carbocycles. The number of benzene rings is 2. The highest BCUT2D eigenvalue weighted by Crippen LogP contribution is 2.29. The normalized spacial score (nSPS) is 13.8. The van der Waals surface area contributed by atoms with Crippen LogP contribution >= 0.6 is 0 Å². The molecule has 3 rings (SSSR count). The molecule has 0 bridgehead atoms. The van der Waals surface area contributed by atoms with Gasteiger partial charge < -0.3 is 10.2 Å². The molecule has 106 valence electrons. The van der Waals surface area contributed by atoms with Gasteiger partial charge in [0.15, 0.2) is 0 Å². The van der Waals surface area contributed by atoms with Gasteiger partial charge in [0.05, 0.1) is 23.0 Å². The second kappa shape index (κ2) is 5.84. The molecule has 0 amide bonds. The summed E-state index contributed by atoms with van der Waals surface area (Å²) in [6, 6.07) is 14.6. The predicted molar refractivity (Wildman–Crippen MR) is 81.7 cm³/mol. The number of nitrogens with zero attached hydrogens (tertiary/aromatic N) is 2. The van der Waals surface area contributed by atoms with E-state index in [1.807, 2.05) is 24.3 Å². The number of fused-ring (bicyclic) bond motifs is 1. The van der Waals surface area contributed by atoms with Crippen molar-refractivity contribution < 1.29 is 4.39 Å². The molecule has 0 aromatic heterocycles. The number of halogens is 1. The van der Waals surface area contributed by atoms with Gasteiger partial charge in [0, 0.05) is 25.2 Å². The first-order valence-electron chi connectivity index (χ1n) is 7.04. The third-order valence-electron chi connectivity index (χ3n) is 3.70. The lowest BCUT2D eigenvalue weighted by Gasteiger charge is -2.24. The second-order valence-electron chi connectivity index (χ2n) is 5.14. The maximum atomic E-state index is 14.0. The Kier molecular flexibility index (Phi) is 3.74. The maximum absolute atomic E-state index is 14.0. The minimum Gasteiger partial charge on any atom is -0.383 e. The van der Waals surface area contributed by atoms with Crippen molar-refractivity contribution in [1.29, 1.82) is 5.26 Å². The Balaban J connectivity index is 1.93. The third-order valence-corrected chi connectivity index (χ3v) is 3.70. The number of nitriles is 1. The Morgan fingerprint density at radius 3 is 2.95 bits per heavy atom. The second-order valence-corrected chi connectivity index (χ2v) is 5.14. The fraction of sp³-hybridized carbons (Fsp3) is 0.235. The summed E-state index contributed by atoms with van der Waals surface area (Å²) < 4.78 is 14.0. The van der Waals surface area contributed by atoms with Crippen molar-refractivity contribution in [2.24, 2.45) is 0 Å². The monoisotopic (exact) mass is 281 g/mol. The fourth-order valence-electron chi connectivity index (χ4n) is 2.65. The molecule has 0 radical (unpaired) electrons. The molecule has 0 spiro atoms. The Bertz CT molecular complexity index is 691. The molecule has 0 saturated carbocycles. The van der Waals surface area contributed by atoms with Crippen LogP contribution in [0.3, 0.4) is 0 Å². The van der Waals surface area contributed by atoms with Gasteiger partial charge >= 0.3 is 0 Å². The van der Waals surface area contributed by atoms with Gasteiger partial charge in [-0.3, -0.25) is 0 Å². The largest absolute Gasteiger partial charge is 0.383 e. The van der Waals surface area contributed by atoms with Gasteiger partial charge in [0.1, 0.15) is 5.82 Å². The average molecular weight is 281 g/mol. The Morgan fingerprint density at radius 1 is 1.24 bits per heavy atom. The first kappa shape index (κ1) is 13.4. The molecular weight excluding hydrogens is 265 g/mol. The van der Waals surface area contributed by atoms with Crippen LogP contribution in [0.15, 0.2) is 42.5 Å². The summed E-state index contributed by atoms with van der Waals surface area (Å²) >= 11 is 0. The van der Waals surface area contributed by atoms with Crippen molar-refractivity contribution in [1.82, 2.24) is 0 Å². The summed E-state index contributed by atoms with van der Waals surface area (Å²) in [5.74, 6) is -0.260. The summed E-state index contributed by atoms with van der Waals surface area (Å²) in [5.41, 5.74) is 3.21. The molecule has 4 heteroatoms. The van der Waals surface area contributed by atoms with Crippen molar-refractivity contribution >= 4 is 11.4 Å². The smallest absolute Gasteiger partial charge is 0.128 e. The molecule has 0 atom stereocenters. The maximum Gasteiger partial charge on any atom is 0.128 e. The molecule has 2 aromatic rings. The van der Waals surface area contributed by atoms with Crippen molar-refractivity contribution in [3.05, 3.63) is 59.4 Å². The van der Waals surface area contributed by atoms with Crippen LogP contribution in [0, 0.1) is 17.1 Å². The van der Waals surface area contributed by atoms with Crippen molar-refractivity contribution in [3.63, 3.8) is 0 Å². The van der Waals surface area contributed by atoms with Crippen molar-refractivity contribution in [2.75, 3.05) is 23.3 Å². The summed E-state index contributed by atoms with van der Waals surface area (Å²) in [4.78, 5) is 2.16. The van der Waals surface area contributed by atoms with Crippen LogP contribution in [-0.4, -0.2) is 13.1 Å². The molecule has 1 N–H and O–H groups in total. The molecule has 3 nitrogen and oxygen atoms in total. The van der Waals surface area contributed by atoms with E-state index >= 15 is 0 Å². The van der Waals surface area contributed by atoms with E-state index in [4.69, 9.17) is 5.26 Å². The topological polar surface area (TPSA) is 39.1 Å². The molecule has 0 unspecified atom stereocenters. The molecule has 21 heavy (non-hydrogen) atoms. The van der Waals surface area contributed by atoms with Crippen molar-refractivity contribution in [3.8, 4) is 6.07 Å². The first-order valence-corrected chi connectivity index (χ1v) is 7.04. The lowest BCUT2D eigenvalue weighted by molar-refractivity contribution is 0.603. The Morgan fingerprint density at radius 2 is 2.10 bits per heavy atom. The van der Waals surface area contributed by atoms with Gasteiger partial charge in [-0.05, 0) is 36.8 Å². The quantitative estimate of drug-likeness (QED) is 0.915. The van der Waals surface area contributed by atoms with E-state index in [0.717, 1.165) is 30.9 Å². The van der Waals surface area contributed by atoms with E-state index < -0.39 is 0 Å². The highest BCUT2D eigenvalue weighted by atomic mass is 19.1. The zero-order valence-corrected chi connectivity index (χ0v) is 11.6. The van der Waals surface area contributed by atoms with Crippen LogP contribution in [0.4, 0.5) is 15.8 Å². The molecule has 1 heterocycles. The lowest BCUT2D eigenvalue weighted by atomic mass is 10.1. The van der Waals surface area contributed by atoms with Gasteiger partial charge in [-0.2, -0.15) is 5.26 Å². The van der Waals surface area contributed by atoms with Gasteiger partial charge in [-0.25, -0.2) is 4.39 Å². The summed E-state index contributed by atoms with van der Waals surface area (Å²) in [5, 5.41) is 12.4. The Labute approximate surface area is 123 Å². The fourth-order valence-corrected chi connectivity index (χ4v) is 2.65. The molecule has 1 aliphatic rings. The minimum atomic E-state index is -0.260.